The topological polar surface area (TPSA) is 49.8 Å². The zero-order valence-corrected chi connectivity index (χ0v) is 16.4. The van der Waals surface area contributed by atoms with Gasteiger partial charge in [-0.05, 0) is 31.0 Å². The fraction of sp³-hybridized carbons (Fsp3) is 0.474. The monoisotopic (exact) mass is 360 g/mol. The summed E-state index contributed by atoms with van der Waals surface area (Å²) in [5.41, 5.74) is 2.37. The van der Waals surface area contributed by atoms with Crippen LogP contribution in [0, 0.1) is 0 Å². The van der Waals surface area contributed by atoms with E-state index in [0.29, 0.717) is 6.61 Å². The minimum Gasteiger partial charge on any atom is -0.494 e. The Morgan fingerprint density at radius 2 is 2.04 bits per heavy atom. The van der Waals surface area contributed by atoms with Crippen molar-refractivity contribution in [2.75, 3.05) is 27.2 Å². The SMILES string of the molecule is CCOc1ccc(CN(C)C(=NC)NCCc2csc(CC)n2)cc1. The Kier molecular flexibility index (Phi) is 7.73. The number of guanidine groups is 1. The summed E-state index contributed by atoms with van der Waals surface area (Å²) in [6.07, 6.45) is 1.91. The largest absolute Gasteiger partial charge is 0.494 e. The molecule has 5 nitrogen and oxygen atoms in total. The third-order valence-electron chi connectivity index (χ3n) is 3.79. The van der Waals surface area contributed by atoms with Crippen molar-refractivity contribution in [3.63, 3.8) is 0 Å². The van der Waals surface area contributed by atoms with E-state index in [2.05, 4.69) is 44.6 Å². The molecular formula is C19H28N4OS. The molecule has 0 saturated carbocycles. The summed E-state index contributed by atoms with van der Waals surface area (Å²) >= 11 is 1.74. The maximum atomic E-state index is 5.48. The van der Waals surface area contributed by atoms with E-state index in [4.69, 9.17) is 4.74 Å². The number of ether oxygens (including phenoxy) is 1. The highest BCUT2D eigenvalue weighted by atomic mass is 32.1. The van der Waals surface area contributed by atoms with Crippen LogP contribution in [-0.4, -0.2) is 43.1 Å². The van der Waals surface area contributed by atoms with E-state index in [0.717, 1.165) is 43.3 Å². The number of hydrogen-bond acceptors (Lipinski definition) is 4. The smallest absolute Gasteiger partial charge is 0.193 e. The molecule has 0 aliphatic rings. The van der Waals surface area contributed by atoms with Crippen LogP contribution in [0.5, 0.6) is 5.75 Å². The lowest BCUT2D eigenvalue weighted by Gasteiger charge is -2.22. The van der Waals surface area contributed by atoms with Crippen LogP contribution in [-0.2, 0) is 19.4 Å². The molecule has 1 N–H and O–H groups in total. The second-order valence-electron chi connectivity index (χ2n) is 5.74. The van der Waals surface area contributed by atoms with Crippen LogP contribution in [0.15, 0.2) is 34.6 Å². The highest BCUT2D eigenvalue weighted by molar-refractivity contribution is 7.09. The summed E-state index contributed by atoms with van der Waals surface area (Å²) in [4.78, 5) is 11.1. The van der Waals surface area contributed by atoms with E-state index >= 15 is 0 Å². The first kappa shape index (κ1) is 19.2. The molecule has 0 atom stereocenters. The van der Waals surface area contributed by atoms with E-state index in [1.165, 1.54) is 10.6 Å². The van der Waals surface area contributed by atoms with Crippen LogP contribution in [0.3, 0.4) is 0 Å². The number of thiazole rings is 1. The second-order valence-corrected chi connectivity index (χ2v) is 6.69. The fourth-order valence-corrected chi connectivity index (χ4v) is 3.30. The predicted molar refractivity (Wildman–Crippen MR) is 106 cm³/mol. The van der Waals surface area contributed by atoms with Gasteiger partial charge in [0.05, 0.1) is 17.3 Å². The van der Waals surface area contributed by atoms with Crippen molar-refractivity contribution in [2.45, 2.75) is 33.2 Å². The van der Waals surface area contributed by atoms with Gasteiger partial charge in [-0.3, -0.25) is 4.99 Å². The van der Waals surface area contributed by atoms with Crippen molar-refractivity contribution in [3.05, 3.63) is 45.9 Å². The van der Waals surface area contributed by atoms with Gasteiger partial charge in [0.1, 0.15) is 5.75 Å². The molecule has 0 aliphatic heterocycles. The third kappa shape index (κ3) is 6.05. The number of rotatable bonds is 8. The van der Waals surface area contributed by atoms with Gasteiger partial charge < -0.3 is 15.0 Å². The molecule has 0 saturated heterocycles. The van der Waals surface area contributed by atoms with E-state index in [1.807, 2.05) is 33.2 Å². The van der Waals surface area contributed by atoms with Crippen molar-refractivity contribution < 1.29 is 4.74 Å². The van der Waals surface area contributed by atoms with Crippen LogP contribution in [0.1, 0.15) is 30.1 Å². The molecule has 6 heteroatoms. The highest BCUT2D eigenvalue weighted by Gasteiger charge is 2.07. The Morgan fingerprint density at radius 1 is 1.28 bits per heavy atom. The molecule has 0 aliphatic carbocycles. The lowest BCUT2D eigenvalue weighted by molar-refractivity contribution is 0.340. The Bertz CT molecular complexity index is 666. The molecule has 2 rings (SSSR count). The number of aromatic nitrogens is 1. The Labute approximate surface area is 154 Å². The van der Waals surface area contributed by atoms with Crippen molar-refractivity contribution >= 4 is 17.3 Å². The number of nitrogens with one attached hydrogen (secondary N) is 1. The van der Waals surface area contributed by atoms with Crippen LogP contribution in [0.4, 0.5) is 0 Å². The number of hydrogen-bond donors (Lipinski definition) is 1. The summed E-state index contributed by atoms with van der Waals surface area (Å²) in [5.74, 6) is 1.80. The molecule has 0 amide bonds. The molecule has 0 spiro atoms. The third-order valence-corrected chi connectivity index (χ3v) is 4.84. The molecule has 1 aromatic heterocycles. The van der Waals surface area contributed by atoms with Crippen LogP contribution in [0.25, 0.3) is 0 Å². The number of nitrogens with zero attached hydrogens (tertiary/aromatic N) is 3. The summed E-state index contributed by atoms with van der Waals surface area (Å²) < 4.78 is 5.48. The van der Waals surface area contributed by atoms with Gasteiger partial charge in [-0.2, -0.15) is 0 Å². The van der Waals surface area contributed by atoms with Crippen molar-refractivity contribution in [1.29, 1.82) is 0 Å². The molecule has 0 unspecified atom stereocenters. The van der Waals surface area contributed by atoms with E-state index in [-0.39, 0.29) is 0 Å². The molecule has 0 fully saturated rings. The number of aryl methyl sites for hydroxylation is 1. The van der Waals surface area contributed by atoms with Crippen molar-refractivity contribution in [1.82, 2.24) is 15.2 Å². The van der Waals surface area contributed by atoms with Gasteiger partial charge in [-0.25, -0.2) is 4.98 Å². The minimum atomic E-state index is 0.689. The van der Waals surface area contributed by atoms with Gasteiger partial charge >= 0.3 is 0 Å². The van der Waals surface area contributed by atoms with Gasteiger partial charge in [0.2, 0.25) is 0 Å². The molecule has 136 valence electrons. The van der Waals surface area contributed by atoms with Gasteiger partial charge in [-0.1, -0.05) is 19.1 Å². The molecular weight excluding hydrogens is 332 g/mol. The molecule has 0 bridgehead atoms. The Balaban J connectivity index is 1.82. The van der Waals surface area contributed by atoms with Gasteiger partial charge in [0.25, 0.3) is 0 Å². The summed E-state index contributed by atoms with van der Waals surface area (Å²) in [6.45, 7) is 6.44. The van der Waals surface area contributed by atoms with Gasteiger partial charge in [0, 0.05) is 39.0 Å². The standard InChI is InChI=1S/C19H28N4OS/c1-5-18-22-16(14-25-18)11-12-21-19(20-3)23(4)13-15-7-9-17(10-8-15)24-6-2/h7-10,14H,5-6,11-13H2,1-4H3,(H,20,21). The normalized spacial score (nSPS) is 11.4. The van der Waals surface area contributed by atoms with Crippen molar-refractivity contribution in [2.24, 2.45) is 4.99 Å². The summed E-state index contributed by atoms with van der Waals surface area (Å²) in [6, 6.07) is 8.21. The zero-order chi connectivity index (χ0) is 18.1. The maximum Gasteiger partial charge on any atom is 0.193 e. The van der Waals surface area contributed by atoms with E-state index in [9.17, 15) is 0 Å². The van der Waals surface area contributed by atoms with Crippen LogP contribution < -0.4 is 10.1 Å². The van der Waals surface area contributed by atoms with E-state index in [1.54, 1.807) is 11.3 Å². The number of benzene rings is 1. The average molecular weight is 361 g/mol. The molecule has 1 heterocycles. The Morgan fingerprint density at radius 3 is 2.64 bits per heavy atom. The average Bonchev–Trinajstić information content (AvgIpc) is 3.08. The quantitative estimate of drug-likeness (QED) is 0.579. The zero-order valence-electron chi connectivity index (χ0n) is 15.6. The molecule has 25 heavy (non-hydrogen) atoms. The maximum absolute atomic E-state index is 5.48. The lowest BCUT2D eigenvalue weighted by Crippen LogP contribution is -2.39. The van der Waals surface area contributed by atoms with Gasteiger partial charge in [-0.15, -0.1) is 11.3 Å². The minimum absolute atomic E-state index is 0.689. The first-order chi connectivity index (χ1) is 12.2. The molecule has 1 aromatic carbocycles. The van der Waals surface area contributed by atoms with Crippen molar-refractivity contribution in [3.8, 4) is 5.75 Å². The highest BCUT2D eigenvalue weighted by Crippen LogP contribution is 2.13. The fourth-order valence-electron chi connectivity index (χ4n) is 2.52. The van der Waals surface area contributed by atoms with E-state index < -0.39 is 0 Å². The predicted octanol–water partition coefficient (Wildman–Crippen LogP) is 3.35. The first-order valence-electron chi connectivity index (χ1n) is 8.73. The molecule has 0 radical (unpaired) electrons. The number of aliphatic imine (C=N–C) groups is 1. The van der Waals surface area contributed by atoms with Crippen LogP contribution >= 0.6 is 11.3 Å². The van der Waals surface area contributed by atoms with Crippen LogP contribution in [0.2, 0.25) is 0 Å². The first-order valence-corrected chi connectivity index (χ1v) is 9.61. The summed E-state index contributed by atoms with van der Waals surface area (Å²) in [5, 5.41) is 6.76. The Hall–Kier alpha value is -2.08. The summed E-state index contributed by atoms with van der Waals surface area (Å²) in [7, 11) is 3.86. The van der Waals surface area contributed by atoms with Gasteiger partial charge in [0.15, 0.2) is 5.96 Å². The second kappa shape index (κ2) is 10.0. The lowest BCUT2D eigenvalue weighted by atomic mass is 10.2. The molecule has 2 aromatic rings.